The van der Waals surface area contributed by atoms with Gasteiger partial charge in [0.05, 0.1) is 9.75 Å². The lowest BCUT2D eigenvalue weighted by Gasteiger charge is -2.28. The first-order valence-corrected chi connectivity index (χ1v) is 9.20. The molecule has 0 unspecified atom stereocenters. The molecule has 21 heavy (non-hydrogen) atoms. The quantitative estimate of drug-likeness (QED) is 0.673. The van der Waals surface area contributed by atoms with Gasteiger partial charge in [0.1, 0.15) is 13.2 Å². The van der Waals surface area contributed by atoms with Crippen molar-refractivity contribution in [3.63, 3.8) is 0 Å². The Bertz CT molecular complexity index is 439. The summed E-state index contributed by atoms with van der Waals surface area (Å²) in [4.78, 5) is 2.79. The van der Waals surface area contributed by atoms with Crippen LogP contribution < -0.4 is 9.47 Å². The van der Waals surface area contributed by atoms with Crippen molar-refractivity contribution in [2.45, 2.75) is 78.1 Å². The van der Waals surface area contributed by atoms with Gasteiger partial charge in [0.25, 0.3) is 0 Å². The summed E-state index contributed by atoms with van der Waals surface area (Å²) in [5, 5.41) is 0. The summed E-state index contributed by atoms with van der Waals surface area (Å²) >= 11 is 1.94. The van der Waals surface area contributed by atoms with Crippen molar-refractivity contribution in [1.82, 2.24) is 0 Å². The van der Waals surface area contributed by atoms with E-state index in [1.54, 1.807) is 0 Å². The Morgan fingerprint density at radius 3 is 1.38 bits per heavy atom. The van der Waals surface area contributed by atoms with Crippen molar-refractivity contribution in [2.75, 3.05) is 13.2 Å². The van der Waals surface area contributed by atoms with Crippen LogP contribution in [0.3, 0.4) is 0 Å². The van der Waals surface area contributed by atoms with Crippen LogP contribution in [-0.2, 0) is 10.8 Å². The van der Waals surface area contributed by atoms with Crippen LogP contribution in [0.1, 0.15) is 77.0 Å². The summed E-state index contributed by atoms with van der Waals surface area (Å²) in [6, 6.07) is 0. The Balaban J connectivity index is 2.62. The van der Waals surface area contributed by atoms with E-state index in [1.165, 1.54) is 9.75 Å². The molecule has 0 bridgehead atoms. The van der Waals surface area contributed by atoms with Crippen LogP contribution in [0.15, 0.2) is 0 Å². The fourth-order valence-corrected chi connectivity index (χ4v) is 4.65. The normalized spacial score (nSPS) is 15.3. The largest absolute Gasteiger partial charge is 0.485 e. The molecule has 1 aliphatic heterocycles. The average molecular weight is 311 g/mol. The maximum Gasteiger partial charge on any atom is 0.176 e. The molecule has 3 heteroatoms. The zero-order valence-electron chi connectivity index (χ0n) is 14.5. The summed E-state index contributed by atoms with van der Waals surface area (Å²) in [6.45, 7) is 15.2. The van der Waals surface area contributed by atoms with Gasteiger partial charge in [-0.3, -0.25) is 0 Å². The third kappa shape index (κ3) is 2.69. The van der Waals surface area contributed by atoms with Crippen LogP contribution in [0, 0.1) is 0 Å². The minimum Gasteiger partial charge on any atom is -0.485 e. The van der Waals surface area contributed by atoms with Crippen molar-refractivity contribution in [3.05, 3.63) is 9.75 Å². The molecule has 0 amide bonds. The fourth-order valence-electron chi connectivity index (χ4n) is 2.89. The smallest absolute Gasteiger partial charge is 0.176 e. The van der Waals surface area contributed by atoms with E-state index in [4.69, 9.17) is 9.47 Å². The van der Waals surface area contributed by atoms with E-state index in [0.29, 0.717) is 13.2 Å². The molecule has 0 N–H and O–H groups in total. The molecule has 2 nitrogen and oxygen atoms in total. The van der Waals surface area contributed by atoms with Crippen molar-refractivity contribution < 1.29 is 9.47 Å². The van der Waals surface area contributed by atoms with Gasteiger partial charge in [-0.15, -0.1) is 11.3 Å². The Morgan fingerprint density at radius 1 is 0.762 bits per heavy atom. The van der Waals surface area contributed by atoms with E-state index >= 15 is 0 Å². The van der Waals surface area contributed by atoms with Gasteiger partial charge in [0, 0.05) is 10.8 Å². The molecule has 2 heterocycles. The van der Waals surface area contributed by atoms with Crippen LogP contribution in [0.2, 0.25) is 0 Å². The number of hydrogen-bond acceptors (Lipinski definition) is 3. The molecule has 0 aromatic carbocycles. The lowest BCUT2D eigenvalue weighted by Crippen LogP contribution is -2.22. The molecular weight excluding hydrogens is 280 g/mol. The van der Waals surface area contributed by atoms with Gasteiger partial charge in [-0.25, -0.2) is 0 Å². The molecule has 1 aromatic heterocycles. The van der Waals surface area contributed by atoms with Gasteiger partial charge < -0.3 is 9.47 Å². The van der Waals surface area contributed by atoms with Crippen molar-refractivity contribution in [2.24, 2.45) is 0 Å². The third-order valence-electron chi connectivity index (χ3n) is 5.62. The summed E-state index contributed by atoms with van der Waals surface area (Å²) in [7, 11) is 0. The zero-order chi connectivity index (χ0) is 15.7. The standard InChI is InChI=1S/C18H30O2S/c1-7-17(5,8-2)15-13-14(20-12-11-19-13)16(21-15)18(6,9-3)10-4/h7-12H2,1-6H3. The molecule has 0 spiro atoms. The zero-order valence-corrected chi connectivity index (χ0v) is 15.3. The van der Waals surface area contributed by atoms with E-state index in [1.807, 2.05) is 11.3 Å². The van der Waals surface area contributed by atoms with E-state index < -0.39 is 0 Å². The maximum atomic E-state index is 6.05. The number of thiophene rings is 1. The first-order valence-electron chi connectivity index (χ1n) is 8.39. The first kappa shape index (κ1) is 16.7. The second-order valence-corrected chi connectivity index (χ2v) is 7.67. The average Bonchev–Trinajstić information content (AvgIpc) is 2.94. The van der Waals surface area contributed by atoms with E-state index in [2.05, 4.69) is 41.5 Å². The lowest BCUT2D eigenvalue weighted by molar-refractivity contribution is 0.165. The van der Waals surface area contributed by atoms with Gasteiger partial charge in [-0.05, 0) is 25.7 Å². The highest BCUT2D eigenvalue weighted by atomic mass is 32.1. The van der Waals surface area contributed by atoms with Crippen LogP contribution in [-0.4, -0.2) is 13.2 Å². The fraction of sp³-hybridized carbons (Fsp3) is 0.778. The molecule has 2 rings (SSSR count). The van der Waals surface area contributed by atoms with Gasteiger partial charge in [-0.2, -0.15) is 0 Å². The Labute approximate surface area is 133 Å². The highest BCUT2D eigenvalue weighted by Gasteiger charge is 2.39. The van der Waals surface area contributed by atoms with Gasteiger partial charge in [-0.1, -0.05) is 41.5 Å². The molecule has 0 atom stereocenters. The maximum absolute atomic E-state index is 6.05. The van der Waals surface area contributed by atoms with E-state index in [9.17, 15) is 0 Å². The highest BCUT2D eigenvalue weighted by molar-refractivity contribution is 7.13. The van der Waals surface area contributed by atoms with Crippen molar-refractivity contribution in [3.8, 4) is 11.5 Å². The van der Waals surface area contributed by atoms with Gasteiger partial charge in [0.2, 0.25) is 0 Å². The van der Waals surface area contributed by atoms with Crippen LogP contribution in [0.25, 0.3) is 0 Å². The minimum atomic E-state index is 0.191. The first-order chi connectivity index (χ1) is 9.95. The highest BCUT2D eigenvalue weighted by Crippen LogP contribution is 2.55. The Morgan fingerprint density at radius 2 is 1.10 bits per heavy atom. The second kappa shape index (κ2) is 6.20. The second-order valence-electron chi connectivity index (χ2n) is 6.65. The summed E-state index contributed by atoms with van der Waals surface area (Å²) in [6.07, 6.45) is 4.53. The summed E-state index contributed by atoms with van der Waals surface area (Å²) < 4.78 is 12.1. The molecule has 1 aromatic rings. The Kier molecular flexibility index (Phi) is 4.92. The number of fused-ring (bicyclic) bond motifs is 1. The van der Waals surface area contributed by atoms with E-state index in [-0.39, 0.29) is 10.8 Å². The van der Waals surface area contributed by atoms with Crippen LogP contribution >= 0.6 is 11.3 Å². The predicted octanol–water partition coefficient (Wildman–Crippen LogP) is 5.67. The van der Waals surface area contributed by atoms with Crippen molar-refractivity contribution in [1.29, 1.82) is 0 Å². The molecule has 1 aliphatic rings. The molecule has 120 valence electrons. The number of hydrogen-bond donors (Lipinski definition) is 0. The molecule has 0 saturated heterocycles. The van der Waals surface area contributed by atoms with Gasteiger partial charge >= 0.3 is 0 Å². The molecular formula is C18H30O2S. The summed E-state index contributed by atoms with van der Waals surface area (Å²) in [5.74, 6) is 2.08. The van der Waals surface area contributed by atoms with Crippen molar-refractivity contribution >= 4 is 11.3 Å². The predicted molar refractivity (Wildman–Crippen MR) is 91.2 cm³/mol. The molecule has 0 radical (unpaired) electrons. The third-order valence-corrected chi connectivity index (χ3v) is 7.38. The van der Waals surface area contributed by atoms with Crippen LogP contribution in [0.5, 0.6) is 11.5 Å². The Hall–Kier alpha value is -0.700. The SMILES string of the molecule is CCC(C)(CC)c1sc(C(C)(CC)CC)c2c1OCCO2. The minimum absolute atomic E-state index is 0.191. The monoisotopic (exact) mass is 310 g/mol. The van der Waals surface area contributed by atoms with Gasteiger partial charge in [0.15, 0.2) is 11.5 Å². The summed E-state index contributed by atoms with van der Waals surface area (Å²) in [5.41, 5.74) is 0.381. The van der Waals surface area contributed by atoms with Crippen LogP contribution in [0.4, 0.5) is 0 Å². The molecule has 0 saturated carbocycles. The number of rotatable bonds is 6. The molecule has 0 fully saturated rings. The topological polar surface area (TPSA) is 18.5 Å². The lowest BCUT2D eigenvalue weighted by atomic mass is 9.81. The molecule has 0 aliphatic carbocycles. The number of ether oxygens (including phenoxy) is 2. The van der Waals surface area contributed by atoms with E-state index in [0.717, 1.165) is 37.2 Å².